The second-order valence-corrected chi connectivity index (χ2v) is 8.71. The number of hydrogen-bond acceptors (Lipinski definition) is 3. The smallest absolute Gasteiger partial charge is 0.0909 e. The highest BCUT2D eigenvalue weighted by Gasteiger charge is 2.07. The lowest BCUT2D eigenvalue weighted by Gasteiger charge is -2.12. The monoisotopic (exact) mass is 357 g/mol. The van der Waals surface area contributed by atoms with Crippen molar-refractivity contribution in [3.63, 3.8) is 0 Å². The second-order valence-electron chi connectivity index (χ2n) is 6.55. The molecule has 0 spiro atoms. The molecule has 0 aliphatic heterocycles. The van der Waals surface area contributed by atoms with Crippen molar-refractivity contribution in [3.8, 4) is 0 Å². The standard InChI is InChI=1S/C20H27N3OS/c1-6-23(4)14-22-20-12-15(2)18(11-16(20)3)13-17-7-9-19(10-8-17)25(5,21)24/h7-12,14,21H,6,13H2,1-5H3/b22-14+. The molecule has 0 aromatic heterocycles. The van der Waals surface area contributed by atoms with Crippen LogP contribution < -0.4 is 0 Å². The Labute approximate surface area is 151 Å². The lowest BCUT2D eigenvalue weighted by Crippen LogP contribution is -2.14. The lowest BCUT2D eigenvalue weighted by atomic mass is 9.97. The topological polar surface area (TPSA) is 56.5 Å². The lowest BCUT2D eigenvalue weighted by molar-refractivity contribution is 0.552. The van der Waals surface area contributed by atoms with Crippen LogP contribution in [0.25, 0.3) is 0 Å². The van der Waals surface area contributed by atoms with Crippen molar-refractivity contribution >= 4 is 21.8 Å². The van der Waals surface area contributed by atoms with Crippen LogP contribution in [-0.4, -0.2) is 35.3 Å². The fraction of sp³-hybridized carbons (Fsp3) is 0.350. The molecule has 0 aliphatic carbocycles. The Morgan fingerprint density at radius 2 is 1.80 bits per heavy atom. The molecular weight excluding hydrogens is 330 g/mol. The predicted molar refractivity (Wildman–Crippen MR) is 107 cm³/mol. The summed E-state index contributed by atoms with van der Waals surface area (Å²) in [5.74, 6) is 0. The number of nitrogens with one attached hydrogen (secondary N) is 1. The molecule has 0 radical (unpaired) electrons. The first-order valence-electron chi connectivity index (χ1n) is 8.38. The van der Waals surface area contributed by atoms with Crippen molar-refractivity contribution in [2.45, 2.75) is 32.1 Å². The van der Waals surface area contributed by atoms with E-state index in [9.17, 15) is 4.21 Å². The Balaban J connectivity index is 2.23. The molecule has 0 saturated carbocycles. The summed E-state index contributed by atoms with van der Waals surface area (Å²) in [5, 5.41) is 0. The minimum absolute atomic E-state index is 0.578. The van der Waals surface area contributed by atoms with Crippen molar-refractivity contribution in [1.82, 2.24) is 4.90 Å². The number of hydrogen-bond donors (Lipinski definition) is 1. The van der Waals surface area contributed by atoms with E-state index < -0.39 is 9.73 Å². The van der Waals surface area contributed by atoms with Gasteiger partial charge in [-0.25, -0.2) is 14.0 Å². The van der Waals surface area contributed by atoms with Crippen LogP contribution in [0.15, 0.2) is 46.3 Å². The fourth-order valence-corrected chi connectivity index (χ4v) is 3.18. The third kappa shape index (κ3) is 5.16. The molecule has 2 aromatic rings. The molecule has 1 N–H and O–H groups in total. The summed E-state index contributed by atoms with van der Waals surface area (Å²) in [5.41, 5.74) is 5.77. The quantitative estimate of drug-likeness (QED) is 0.609. The molecule has 0 aliphatic rings. The van der Waals surface area contributed by atoms with E-state index in [0.29, 0.717) is 4.90 Å². The first kappa shape index (κ1) is 19.2. The van der Waals surface area contributed by atoms with Gasteiger partial charge in [0.25, 0.3) is 0 Å². The van der Waals surface area contributed by atoms with Crippen LogP contribution in [0.3, 0.4) is 0 Å². The van der Waals surface area contributed by atoms with Crippen LogP contribution in [0, 0.1) is 18.6 Å². The van der Waals surface area contributed by atoms with Gasteiger partial charge in [-0.3, -0.25) is 0 Å². The summed E-state index contributed by atoms with van der Waals surface area (Å²) in [6.07, 6.45) is 4.13. The Bertz CT molecular complexity index is 869. The maximum absolute atomic E-state index is 11.8. The second kappa shape index (κ2) is 7.83. The van der Waals surface area contributed by atoms with Gasteiger partial charge in [0.05, 0.1) is 21.8 Å². The van der Waals surface area contributed by atoms with Gasteiger partial charge in [-0.1, -0.05) is 18.2 Å². The van der Waals surface area contributed by atoms with Crippen molar-refractivity contribution in [3.05, 3.63) is 58.7 Å². The largest absolute Gasteiger partial charge is 0.366 e. The molecule has 5 heteroatoms. The highest BCUT2D eigenvalue weighted by atomic mass is 32.2. The van der Waals surface area contributed by atoms with Gasteiger partial charge in [0, 0.05) is 24.7 Å². The third-order valence-electron chi connectivity index (χ3n) is 4.31. The maximum atomic E-state index is 11.8. The van der Waals surface area contributed by atoms with Crippen LogP contribution in [0.4, 0.5) is 5.69 Å². The van der Waals surface area contributed by atoms with E-state index in [2.05, 4.69) is 37.9 Å². The summed E-state index contributed by atoms with van der Waals surface area (Å²) >= 11 is 0. The van der Waals surface area contributed by atoms with Crippen LogP contribution >= 0.6 is 0 Å². The Hall–Kier alpha value is -2.14. The SMILES string of the molecule is CCN(C)/C=N/c1cc(C)c(Cc2ccc(S(C)(=N)=O)cc2)cc1C. The van der Waals surface area contributed by atoms with Gasteiger partial charge in [0.1, 0.15) is 0 Å². The van der Waals surface area contributed by atoms with E-state index in [0.717, 1.165) is 29.8 Å². The Kier molecular flexibility index (Phi) is 6.01. The highest BCUT2D eigenvalue weighted by molar-refractivity contribution is 7.91. The zero-order valence-corrected chi connectivity index (χ0v) is 16.5. The van der Waals surface area contributed by atoms with Crippen molar-refractivity contribution < 1.29 is 4.21 Å². The van der Waals surface area contributed by atoms with Gasteiger partial charge < -0.3 is 4.90 Å². The normalized spacial score (nSPS) is 13.8. The summed E-state index contributed by atoms with van der Waals surface area (Å²) in [7, 11) is -0.639. The molecule has 25 heavy (non-hydrogen) atoms. The van der Waals surface area contributed by atoms with Crippen molar-refractivity contribution in [1.29, 1.82) is 4.78 Å². The van der Waals surface area contributed by atoms with E-state index >= 15 is 0 Å². The molecule has 0 fully saturated rings. The molecule has 0 bridgehead atoms. The molecule has 2 aromatic carbocycles. The van der Waals surface area contributed by atoms with E-state index in [1.807, 2.05) is 30.4 Å². The zero-order valence-electron chi connectivity index (χ0n) is 15.7. The summed E-state index contributed by atoms with van der Waals surface area (Å²) in [6.45, 7) is 7.21. The first-order valence-corrected chi connectivity index (χ1v) is 10.3. The molecule has 1 unspecified atom stereocenters. The Morgan fingerprint density at radius 3 is 2.36 bits per heavy atom. The molecule has 0 amide bonds. The molecule has 1 atom stereocenters. The molecular formula is C20H27N3OS. The average Bonchev–Trinajstić information content (AvgIpc) is 2.56. The maximum Gasteiger partial charge on any atom is 0.0909 e. The number of benzene rings is 2. The number of aliphatic imine (C=N–C) groups is 1. The van der Waals surface area contributed by atoms with Gasteiger partial charge >= 0.3 is 0 Å². The van der Waals surface area contributed by atoms with Crippen LogP contribution in [0.2, 0.25) is 0 Å². The summed E-state index contributed by atoms with van der Waals surface area (Å²) < 4.78 is 19.4. The average molecular weight is 358 g/mol. The van der Waals surface area contributed by atoms with Gasteiger partial charge in [0.15, 0.2) is 0 Å². The van der Waals surface area contributed by atoms with E-state index in [4.69, 9.17) is 4.78 Å². The third-order valence-corrected chi connectivity index (χ3v) is 5.49. The number of nitrogens with zero attached hydrogens (tertiary/aromatic N) is 2. The van der Waals surface area contributed by atoms with Gasteiger partial charge in [-0.15, -0.1) is 0 Å². The molecule has 0 saturated heterocycles. The van der Waals surface area contributed by atoms with E-state index in [1.165, 1.54) is 17.4 Å². The minimum Gasteiger partial charge on any atom is -0.366 e. The van der Waals surface area contributed by atoms with Crippen LogP contribution in [0.1, 0.15) is 29.2 Å². The van der Waals surface area contributed by atoms with E-state index in [1.54, 1.807) is 12.1 Å². The summed E-state index contributed by atoms with van der Waals surface area (Å²) in [6, 6.07) is 11.8. The first-order chi connectivity index (χ1) is 11.7. The Morgan fingerprint density at radius 1 is 1.16 bits per heavy atom. The summed E-state index contributed by atoms with van der Waals surface area (Å²) in [4.78, 5) is 7.19. The van der Waals surface area contributed by atoms with Crippen LogP contribution in [-0.2, 0) is 16.1 Å². The number of rotatable bonds is 6. The van der Waals surface area contributed by atoms with Crippen LogP contribution in [0.5, 0.6) is 0 Å². The molecule has 0 heterocycles. The van der Waals surface area contributed by atoms with Gasteiger partial charge in [-0.05, 0) is 67.6 Å². The molecule has 2 rings (SSSR count). The molecule has 4 nitrogen and oxygen atoms in total. The fourth-order valence-electron chi connectivity index (χ4n) is 2.52. The highest BCUT2D eigenvalue weighted by Crippen LogP contribution is 2.25. The number of aryl methyl sites for hydroxylation is 2. The van der Waals surface area contributed by atoms with E-state index in [-0.39, 0.29) is 0 Å². The zero-order chi connectivity index (χ0) is 18.6. The minimum atomic E-state index is -2.65. The van der Waals surface area contributed by atoms with Crippen molar-refractivity contribution in [2.24, 2.45) is 4.99 Å². The molecule has 134 valence electrons. The van der Waals surface area contributed by atoms with Crippen molar-refractivity contribution in [2.75, 3.05) is 19.8 Å². The predicted octanol–water partition coefficient (Wildman–Crippen LogP) is 4.54. The van der Waals surface area contributed by atoms with Gasteiger partial charge in [0.2, 0.25) is 0 Å². The van der Waals surface area contributed by atoms with Gasteiger partial charge in [-0.2, -0.15) is 0 Å².